The molecule has 0 radical (unpaired) electrons. The Labute approximate surface area is 118 Å². The lowest BCUT2D eigenvalue weighted by Gasteiger charge is -2.41. The van der Waals surface area contributed by atoms with Crippen molar-refractivity contribution in [2.75, 3.05) is 50.5 Å². The van der Waals surface area contributed by atoms with Crippen LogP contribution in [0.5, 0.6) is 0 Å². The van der Waals surface area contributed by atoms with Gasteiger partial charge in [-0.2, -0.15) is 0 Å². The second kappa shape index (κ2) is 4.81. The van der Waals surface area contributed by atoms with Gasteiger partial charge in [0.25, 0.3) is 0 Å². The van der Waals surface area contributed by atoms with Crippen molar-refractivity contribution in [1.82, 2.24) is 9.88 Å². The van der Waals surface area contributed by atoms with Gasteiger partial charge in [-0.05, 0) is 13.5 Å². The van der Waals surface area contributed by atoms with E-state index in [1.807, 2.05) is 6.07 Å². The quantitative estimate of drug-likeness (QED) is 0.840. The van der Waals surface area contributed by atoms with Crippen molar-refractivity contribution in [3.8, 4) is 0 Å². The van der Waals surface area contributed by atoms with Crippen LogP contribution < -0.4 is 10.6 Å². The van der Waals surface area contributed by atoms with Gasteiger partial charge in [-0.1, -0.05) is 11.6 Å². The molecule has 2 saturated heterocycles. The molecule has 104 valence electrons. The highest BCUT2D eigenvalue weighted by Gasteiger charge is 2.41. The number of morpholine rings is 1. The summed E-state index contributed by atoms with van der Waals surface area (Å²) in [6.45, 7) is 4.51. The van der Waals surface area contributed by atoms with Crippen LogP contribution in [-0.2, 0) is 4.74 Å². The summed E-state index contributed by atoms with van der Waals surface area (Å²) in [5, 5.41) is 0.507. The van der Waals surface area contributed by atoms with Crippen LogP contribution in [0.1, 0.15) is 6.42 Å². The molecule has 6 heteroatoms. The number of nitrogen functional groups attached to an aromatic ring is 1. The smallest absolute Gasteiger partial charge is 0.130 e. The molecule has 0 saturated carbocycles. The molecule has 1 atom stereocenters. The predicted octanol–water partition coefficient (Wildman–Crippen LogP) is 1.23. The fraction of sp³-hybridized carbons (Fsp3) is 0.615. The molecule has 5 nitrogen and oxygen atoms in total. The number of aromatic nitrogens is 1. The summed E-state index contributed by atoms with van der Waals surface area (Å²) in [4.78, 5) is 8.94. The molecular formula is C13H19ClN4O. The molecule has 2 fully saturated rings. The highest BCUT2D eigenvalue weighted by molar-refractivity contribution is 6.32. The van der Waals surface area contributed by atoms with Gasteiger partial charge in [0.1, 0.15) is 5.82 Å². The Hall–Kier alpha value is -1.04. The Balaban J connectivity index is 1.79. The van der Waals surface area contributed by atoms with E-state index in [0.717, 1.165) is 45.0 Å². The van der Waals surface area contributed by atoms with Crippen molar-refractivity contribution in [2.24, 2.45) is 0 Å². The number of nitrogens with zero attached hydrogens (tertiary/aromatic N) is 3. The van der Waals surface area contributed by atoms with Crippen LogP contribution in [0.2, 0.25) is 5.02 Å². The Morgan fingerprint density at radius 3 is 2.95 bits per heavy atom. The van der Waals surface area contributed by atoms with Gasteiger partial charge in [-0.3, -0.25) is 0 Å². The first-order valence-corrected chi connectivity index (χ1v) is 6.94. The Morgan fingerprint density at radius 1 is 1.42 bits per heavy atom. The van der Waals surface area contributed by atoms with E-state index < -0.39 is 0 Å². The summed E-state index contributed by atoms with van der Waals surface area (Å²) in [6, 6.07) is 1.85. The van der Waals surface area contributed by atoms with Crippen molar-refractivity contribution in [2.45, 2.75) is 12.0 Å². The number of nitrogens with two attached hydrogens (primary N) is 1. The third-order valence-electron chi connectivity index (χ3n) is 3.95. The molecule has 1 spiro atoms. The standard InChI is InChI=1S/C13H19ClN4O/c1-17-3-2-13(8-17)9-18(4-5-19-13)12-6-11(15)10(14)7-16-12/h6-7H,2-5,8-9H2,1H3,(H2,15,16). The molecule has 1 unspecified atom stereocenters. The van der Waals surface area contributed by atoms with E-state index in [4.69, 9.17) is 22.1 Å². The van der Waals surface area contributed by atoms with E-state index >= 15 is 0 Å². The minimum absolute atomic E-state index is 0.0525. The lowest BCUT2D eigenvalue weighted by atomic mass is 10.0. The minimum Gasteiger partial charge on any atom is -0.397 e. The highest BCUT2D eigenvalue weighted by atomic mass is 35.5. The fourth-order valence-electron chi connectivity index (χ4n) is 2.95. The zero-order chi connectivity index (χ0) is 13.5. The third-order valence-corrected chi connectivity index (χ3v) is 4.27. The Kier molecular flexibility index (Phi) is 3.28. The summed E-state index contributed by atoms with van der Waals surface area (Å²) in [5.41, 5.74) is 6.38. The molecule has 0 amide bonds. The molecule has 2 N–H and O–H groups in total. The topological polar surface area (TPSA) is 54.6 Å². The maximum absolute atomic E-state index is 6.03. The summed E-state index contributed by atoms with van der Waals surface area (Å²) in [5.74, 6) is 0.888. The van der Waals surface area contributed by atoms with E-state index in [-0.39, 0.29) is 5.60 Å². The average molecular weight is 283 g/mol. The number of ether oxygens (including phenoxy) is 1. The maximum Gasteiger partial charge on any atom is 0.130 e. The Morgan fingerprint density at radius 2 is 2.26 bits per heavy atom. The van der Waals surface area contributed by atoms with Crippen LogP contribution >= 0.6 is 11.6 Å². The molecule has 3 heterocycles. The van der Waals surface area contributed by atoms with Gasteiger partial charge < -0.3 is 20.3 Å². The van der Waals surface area contributed by atoms with Crippen LogP contribution in [0.3, 0.4) is 0 Å². The summed E-state index contributed by atoms with van der Waals surface area (Å²) in [7, 11) is 2.13. The van der Waals surface area contributed by atoms with Crippen LogP contribution in [-0.4, -0.2) is 55.3 Å². The van der Waals surface area contributed by atoms with Gasteiger partial charge in [-0.25, -0.2) is 4.98 Å². The molecule has 0 bridgehead atoms. The third kappa shape index (κ3) is 2.50. The molecule has 0 aromatic carbocycles. The lowest BCUT2D eigenvalue weighted by Crippen LogP contribution is -2.53. The Bertz CT molecular complexity index is 480. The van der Waals surface area contributed by atoms with Gasteiger partial charge in [0.2, 0.25) is 0 Å². The summed E-state index contributed by atoms with van der Waals surface area (Å²) in [6.07, 6.45) is 2.69. The van der Waals surface area contributed by atoms with Crippen molar-refractivity contribution >= 4 is 23.1 Å². The average Bonchev–Trinajstić information content (AvgIpc) is 2.74. The van der Waals surface area contributed by atoms with Gasteiger partial charge in [0.15, 0.2) is 0 Å². The molecule has 1 aromatic heterocycles. The van der Waals surface area contributed by atoms with Crippen molar-refractivity contribution < 1.29 is 4.74 Å². The normalized spacial score (nSPS) is 28.2. The molecule has 0 aliphatic carbocycles. The summed E-state index contributed by atoms with van der Waals surface area (Å²) < 4.78 is 6.03. The van der Waals surface area contributed by atoms with Crippen LogP contribution in [0.4, 0.5) is 11.5 Å². The van der Waals surface area contributed by atoms with Gasteiger partial charge in [-0.15, -0.1) is 0 Å². The number of rotatable bonds is 1. The van der Waals surface area contributed by atoms with Crippen molar-refractivity contribution in [3.63, 3.8) is 0 Å². The van der Waals surface area contributed by atoms with Crippen molar-refractivity contribution in [3.05, 3.63) is 17.3 Å². The molecule has 3 rings (SSSR count). The number of pyridine rings is 1. The first-order chi connectivity index (χ1) is 9.08. The second-order valence-electron chi connectivity index (χ2n) is 5.50. The summed E-state index contributed by atoms with van der Waals surface area (Å²) >= 11 is 5.92. The maximum atomic E-state index is 6.03. The van der Waals surface area contributed by atoms with E-state index in [2.05, 4.69) is 21.8 Å². The second-order valence-corrected chi connectivity index (χ2v) is 5.91. The van der Waals surface area contributed by atoms with Gasteiger partial charge >= 0.3 is 0 Å². The molecule has 19 heavy (non-hydrogen) atoms. The van der Waals surface area contributed by atoms with E-state index in [1.165, 1.54) is 0 Å². The largest absolute Gasteiger partial charge is 0.397 e. The SMILES string of the molecule is CN1CCC2(C1)CN(c1cc(N)c(Cl)cn1)CCO2. The van der Waals surface area contributed by atoms with Crippen LogP contribution in [0.15, 0.2) is 12.3 Å². The number of halogens is 1. The number of likely N-dealkylation sites (tertiary alicyclic amines) is 1. The number of anilines is 2. The number of hydrogen-bond acceptors (Lipinski definition) is 5. The molecule has 1 aromatic rings. The zero-order valence-electron chi connectivity index (χ0n) is 11.1. The minimum atomic E-state index is -0.0525. The first-order valence-electron chi connectivity index (χ1n) is 6.56. The van der Waals surface area contributed by atoms with E-state index in [9.17, 15) is 0 Å². The number of likely N-dealkylation sites (N-methyl/N-ethyl adjacent to an activating group) is 1. The zero-order valence-corrected chi connectivity index (χ0v) is 11.9. The van der Waals surface area contributed by atoms with E-state index in [0.29, 0.717) is 10.7 Å². The van der Waals surface area contributed by atoms with Gasteiger partial charge in [0.05, 0.1) is 22.9 Å². The molecular weight excluding hydrogens is 264 g/mol. The van der Waals surface area contributed by atoms with Crippen molar-refractivity contribution in [1.29, 1.82) is 0 Å². The van der Waals surface area contributed by atoms with Crippen LogP contribution in [0.25, 0.3) is 0 Å². The number of hydrogen-bond donors (Lipinski definition) is 1. The lowest BCUT2D eigenvalue weighted by molar-refractivity contribution is -0.0460. The predicted molar refractivity (Wildman–Crippen MR) is 76.7 cm³/mol. The highest BCUT2D eigenvalue weighted by Crippen LogP contribution is 2.31. The monoisotopic (exact) mass is 282 g/mol. The first kappa shape index (κ1) is 13.0. The van der Waals surface area contributed by atoms with Crippen LogP contribution in [0, 0.1) is 0 Å². The van der Waals surface area contributed by atoms with E-state index in [1.54, 1.807) is 6.20 Å². The molecule has 2 aliphatic rings. The molecule has 2 aliphatic heterocycles. The fourth-order valence-corrected chi connectivity index (χ4v) is 3.05. The van der Waals surface area contributed by atoms with Gasteiger partial charge in [0, 0.05) is 38.4 Å².